The fraction of sp³-hybridized carbons (Fsp3) is 0.118. The average molecular weight is 382 g/mol. The van der Waals surface area contributed by atoms with Crippen LogP contribution >= 0.6 is 11.7 Å². The summed E-state index contributed by atoms with van der Waals surface area (Å²) >= 11 is 0.858. The minimum absolute atomic E-state index is 0.0220. The Balaban J connectivity index is 1.84. The molecule has 0 aliphatic rings. The van der Waals surface area contributed by atoms with Gasteiger partial charge >= 0.3 is 0 Å². The van der Waals surface area contributed by atoms with Crippen LogP contribution in [0.4, 0.5) is 0 Å². The molecule has 3 aromatic rings. The fourth-order valence-electron chi connectivity index (χ4n) is 2.37. The van der Waals surface area contributed by atoms with Gasteiger partial charge in [0.2, 0.25) is 5.78 Å². The van der Waals surface area contributed by atoms with Gasteiger partial charge < -0.3 is 11.1 Å². The molecule has 27 heavy (non-hydrogen) atoms. The molecule has 2 amide bonds. The zero-order valence-electron chi connectivity index (χ0n) is 13.9. The quantitative estimate of drug-likeness (QED) is 0.563. The van der Waals surface area contributed by atoms with Gasteiger partial charge in [-0.05, 0) is 24.3 Å². The molecule has 0 bridgehead atoms. The number of carbonyl (C=O) groups excluding carboxylic acids is 3. The number of pyridine rings is 2. The van der Waals surface area contributed by atoms with E-state index in [2.05, 4.69) is 24.0 Å². The Morgan fingerprint density at radius 1 is 1.11 bits per heavy atom. The van der Waals surface area contributed by atoms with Crippen molar-refractivity contribution in [3.05, 3.63) is 60.3 Å². The molecule has 0 fully saturated rings. The van der Waals surface area contributed by atoms with Gasteiger partial charge in [0.25, 0.3) is 11.8 Å². The van der Waals surface area contributed by atoms with Gasteiger partial charge in [0, 0.05) is 36.3 Å². The maximum atomic E-state index is 12.7. The summed E-state index contributed by atoms with van der Waals surface area (Å²) in [5.41, 5.74) is 6.63. The maximum absolute atomic E-state index is 12.7. The van der Waals surface area contributed by atoms with E-state index in [0.29, 0.717) is 17.0 Å². The van der Waals surface area contributed by atoms with E-state index in [1.54, 1.807) is 48.9 Å². The molecular weight excluding hydrogens is 368 g/mol. The lowest BCUT2D eigenvalue weighted by molar-refractivity contribution is -0.137. The topological polar surface area (TPSA) is 141 Å². The van der Waals surface area contributed by atoms with Crippen molar-refractivity contribution in [2.45, 2.75) is 12.5 Å². The molecule has 0 saturated carbocycles. The lowest BCUT2D eigenvalue weighted by atomic mass is 10.0. The summed E-state index contributed by atoms with van der Waals surface area (Å²) in [7, 11) is 0. The largest absolute Gasteiger partial charge is 0.363 e. The Kier molecular flexibility index (Phi) is 5.57. The zero-order valence-corrected chi connectivity index (χ0v) is 14.7. The van der Waals surface area contributed by atoms with Gasteiger partial charge in [0.1, 0.15) is 11.7 Å². The lowest BCUT2D eigenvalue weighted by Crippen LogP contribution is -2.47. The molecule has 3 rings (SSSR count). The van der Waals surface area contributed by atoms with Crippen molar-refractivity contribution in [3.63, 3.8) is 0 Å². The Bertz CT molecular complexity index is 961. The lowest BCUT2D eigenvalue weighted by Gasteiger charge is -2.15. The van der Waals surface area contributed by atoms with Crippen molar-refractivity contribution in [2.24, 2.45) is 5.73 Å². The summed E-state index contributed by atoms with van der Waals surface area (Å²) in [6.07, 6.45) is 4.72. The molecule has 0 aromatic carbocycles. The molecule has 1 unspecified atom stereocenters. The Morgan fingerprint density at radius 3 is 2.63 bits per heavy atom. The molecule has 10 heteroatoms. The van der Waals surface area contributed by atoms with Crippen LogP contribution in [0.5, 0.6) is 0 Å². The van der Waals surface area contributed by atoms with Crippen molar-refractivity contribution < 1.29 is 14.4 Å². The molecule has 3 heterocycles. The van der Waals surface area contributed by atoms with Crippen LogP contribution in [0.15, 0.2) is 48.9 Å². The van der Waals surface area contributed by atoms with E-state index >= 15 is 0 Å². The number of amides is 2. The fourth-order valence-corrected chi connectivity index (χ4v) is 2.93. The van der Waals surface area contributed by atoms with Gasteiger partial charge in [-0.1, -0.05) is 6.07 Å². The SMILES string of the molecule is NC(=O)C(=O)C(Cc1ccccn1)NC(=O)c1nsnc1-c1cccnc1. The molecular formula is C17H14N6O3S. The zero-order chi connectivity index (χ0) is 19.2. The first-order chi connectivity index (χ1) is 13.1. The molecule has 0 saturated heterocycles. The molecule has 0 aliphatic carbocycles. The summed E-state index contributed by atoms with van der Waals surface area (Å²) < 4.78 is 8.12. The summed E-state index contributed by atoms with van der Waals surface area (Å²) in [6.45, 7) is 0. The second kappa shape index (κ2) is 8.23. The van der Waals surface area contributed by atoms with E-state index in [-0.39, 0.29) is 12.1 Å². The second-order valence-corrected chi connectivity index (χ2v) is 6.01. The number of ketones is 1. The van der Waals surface area contributed by atoms with Gasteiger partial charge in [0.15, 0.2) is 5.69 Å². The summed E-state index contributed by atoms with van der Waals surface area (Å²) in [4.78, 5) is 44.3. The van der Waals surface area contributed by atoms with Crippen molar-refractivity contribution in [3.8, 4) is 11.3 Å². The normalized spacial score (nSPS) is 11.6. The highest BCUT2D eigenvalue weighted by atomic mass is 32.1. The standard InChI is InChI=1S/C17H14N6O3S/c18-16(25)15(24)12(8-11-5-1-2-7-20-11)21-17(26)14-13(22-27-23-14)10-4-3-6-19-9-10/h1-7,9,12H,8H2,(H2,18,25)(H,21,26). The van der Waals surface area contributed by atoms with Gasteiger partial charge in [-0.15, -0.1) is 0 Å². The number of carbonyl (C=O) groups is 3. The van der Waals surface area contributed by atoms with E-state index in [0.717, 1.165) is 11.7 Å². The third-order valence-electron chi connectivity index (χ3n) is 3.64. The number of Topliss-reactive ketones (excluding diaryl/α,β-unsaturated/α-hetero) is 1. The van der Waals surface area contributed by atoms with E-state index < -0.39 is 23.6 Å². The van der Waals surface area contributed by atoms with Gasteiger partial charge in [-0.2, -0.15) is 8.75 Å². The van der Waals surface area contributed by atoms with E-state index in [1.807, 2.05) is 0 Å². The first-order valence-corrected chi connectivity index (χ1v) is 8.56. The first-order valence-electron chi connectivity index (χ1n) is 7.83. The van der Waals surface area contributed by atoms with Crippen LogP contribution in [0.2, 0.25) is 0 Å². The van der Waals surface area contributed by atoms with Crippen LogP contribution in [-0.4, -0.2) is 42.4 Å². The van der Waals surface area contributed by atoms with Crippen LogP contribution < -0.4 is 11.1 Å². The number of aromatic nitrogens is 4. The molecule has 0 spiro atoms. The summed E-state index contributed by atoms with van der Waals surface area (Å²) in [6, 6.07) is 7.42. The highest BCUT2D eigenvalue weighted by molar-refractivity contribution is 6.99. The third kappa shape index (κ3) is 4.36. The number of nitrogens with zero attached hydrogens (tertiary/aromatic N) is 4. The van der Waals surface area contributed by atoms with Crippen LogP contribution in [0.25, 0.3) is 11.3 Å². The Morgan fingerprint density at radius 2 is 1.96 bits per heavy atom. The highest BCUT2D eigenvalue weighted by Gasteiger charge is 2.28. The number of nitrogens with two attached hydrogens (primary N) is 1. The first kappa shape index (κ1) is 18.3. The average Bonchev–Trinajstić information content (AvgIpc) is 3.18. The van der Waals surface area contributed by atoms with Gasteiger partial charge in [-0.25, -0.2) is 0 Å². The van der Waals surface area contributed by atoms with Crippen LogP contribution in [0.3, 0.4) is 0 Å². The number of rotatable bonds is 7. The third-order valence-corrected chi connectivity index (χ3v) is 4.17. The molecule has 136 valence electrons. The predicted octanol–water partition coefficient (Wildman–Crippen LogP) is 0.391. The highest BCUT2D eigenvalue weighted by Crippen LogP contribution is 2.20. The van der Waals surface area contributed by atoms with E-state index in [4.69, 9.17) is 5.73 Å². The van der Waals surface area contributed by atoms with Crippen LogP contribution in [0, 0.1) is 0 Å². The minimum atomic E-state index is -1.16. The van der Waals surface area contributed by atoms with Crippen molar-refractivity contribution in [1.29, 1.82) is 0 Å². The molecule has 0 aliphatic heterocycles. The van der Waals surface area contributed by atoms with Gasteiger partial charge in [-0.3, -0.25) is 24.4 Å². The minimum Gasteiger partial charge on any atom is -0.363 e. The second-order valence-electron chi connectivity index (χ2n) is 5.48. The smallest absolute Gasteiger partial charge is 0.287 e. The summed E-state index contributed by atoms with van der Waals surface area (Å²) in [5.74, 6) is -2.70. The summed E-state index contributed by atoms with van der Waals surface area (Å²) in [5, 5.41) is 2.51. The van der Waals surface area contributed by atoms with Crippen LogP contribution in [-0.2, 0) is 16.0 Å². The molecule has 9 nitrogen and oxygen atoms in total. The molecule has 1 atom stereocenters. The Hall–Kier alpha value is -3.53. The maximum Gasteiger partial charge on any atom is 0.287 e. The molecule has 3 N–H and O–H groups in total. The monoisotopic (exact) mass is 382 g/mol. The number of hydrogen-bond donors (Lipinski definition) is 2. The number of primary amides is 1. The van der Waals surface area contributed by atoms with Crippen molar-refractivity contribution in [1.82, 2.24) is 24.0 Å². The molecule has 3 aromatic heterocycles. The van der Waals surface area contributed by atoms with E-state index in [1.165, 1.54) is 0 Å². The van der Waals surface area contributed by atoms with Crippen LogP contribution in [0.1, 0.15) is 16.2 Å². The number of hydrogen-bond acceptors (Lipinski definition) is 8. The molecule has 0 radical (unpaired) electrons. The number of nitrogens with one attached hydrogen (secondary N) is 1. The van der Waals surface area contributed by atoms with E-state index in [9.17, 15) is 14.4 Å². The van der Waals surface area contributed by atoms with Crippen molar-refractivity contribution in [2.75, 3.05) is 0 Å². The van der Waals surface area contributed by atoms with Gasteiger partial charge in [0.05, 0.1) is 11.7 Å². The predicted molar refractivity (Wildman–Crippen MR) is 96.5 cm³/mol. The Labute approximate surface area is 158 Å². The van der Waals surface area contributed by atoms with Crippen molar-refractivity contribution >= 4 is 29.3 Å².